The molecule has 0 aromatic heterocycles. The highest BCUT2D eigenvalue weighted by Gasteiger charge is 2.34. The summed E-state index contributed by atoms with van der Waals surface area (Å²) in [5.41, 5.74) is 0.598. The van der Waals surface area contributed by atoms with Gasteiger partial charge in [0.2, 0.25) is 0 Å². The minimum atomic E-state index is -3.15. The van der Waals surface area contributed by atoms with Crippen molar-refractivity contribution in [3.05, 3.63) is 24.3 Å². The molecule has 0 bridgehead atoms. The molecular weight excluding hydrogens is 290 g/mol. The van der Waals surface area contributed by atoms with Crippen LogP contribution in [-0.2, 0) is 19.3 Å². The van der Waals surface area contributed by atoms with E-state index in [1.165, 1.54) is 0 Å². The standard InChI is InChI=1S/C15H23NO4S/c1-3-10-21(17,18)14-6-4-13(5-7-14)16-11-15(19-2)8-9-20-12-15/h4-7,16H,3,8-12H2,1-2H3. The maximum Gasteiger partial charge on any atom is 0.178 e. The molecule has 118 valence electrons. The van der Waals surface area contributed by atoms with E-state index in [-0.39, 0.29) is 11.4 Å². The second-order valence-corrected chi connectivity index (χ2v) is 7.50. The first-order valence-corrected chi connectivity index (χ1v) is 8.86. The second-order valence-electron chi connectivity index (χ2n) is 5.39. The molecule has 21 heavy (non-hydrogen) atoms. The van der Waals surface area contributed by atoms with E-state index in [9.17, 15) is 8.42 Å². The fourth-order valence-corrected chi connectivity index (χ4v) is 3.71. The Morgan fingerprint density at radius 1 is 1.33 bits per heavy atom. The molecule has 0 radical (unpaired) electrons. The minimum absolute atomic E-state index is 0.184. The molecule has 1 unspecified atom stereocenters. The van der Waals surface area contributed by atoms with Crippen molar-refractivity contribution in [2.45, 2.75) is 30.3 Å². The van der Waals surface area contributed by atoms with E-state index in [4.69, 9.17) is 9.47 Å². The normalized spacial score (nSPS) is 22.4. The number of benzene rings is 1. The summed E-state index contributed by atoms with van der Waals surface area (Å²) in [6.45, 7) is 3.80. The highest BCUT2D eigenvalue weighted by atomic mass is 32.2. The fraction of sp³-hybridized carbons (Fsp3) is 0.600. The first-order valence-electron chi connectivity index (χ1n) is 7.21. The van der Waals surface area contributed by atoms with Crippen molar-refractivity contribution in [1.82, 2.24) is 0 Å². The van der Waals surface area contributed by atoms with E-state index in [1.807, 2.05) is 6.92 Å². The molecule has 0 aliphatic carbocycles. The molecule has 0 amide bonds. The monoisotopic (exact) mass is 313 g/mol. The van der Waals surface area contributed by atoms with E-state index < -0.39 is 9.84 Å². The Labute approximate surface area is 126 Å². The molecule has 1 fully saturated rings. The second kappa shape index (κ2) is 6.77. The Morgan fingerprint density at radius 3 is 2.57 bits per heavy atom. The Bertz CT molecular complexity index is 548. The molecule has 0 spiro atoms. The summed E-state index contributed by atoms with van der Waals surface area (Å²) in [7, 11) is -1.46. The van der Waals surface area contributed by atoms with Crippen LogP contribution in [0.5, 0.6) is 0 Å². The van der Waals surface area contributed by atoms with E-state index in [2.05, 4.69) is 5.32 Å². The van der Waals surface area contributed by atoms with Gasteiger partial charge in [0.1, 0.15) is 5.60 Å². The SMILES string of the molecule is CCCS(=O)(=O)c1ccc(NCC2(OC)CCOC2)cc1. The molecule has 1 N–H and O–H groups in total. The molecular formula is C15H23NO4S. The van der Waals surface area contributed by atoms with Crippen LogP contribution in [0.2, 0.25) is 0 Å². The first kappa shape index (κ1) is 16.3. The van der Waals surface area contributed by atoms with Crippen LogP contribution in [0.4, 0.5) is 5.69 Å². The van der Waals surface area contributed by atoms with E-state index in [0.29, 0.717) is 31.1 Å². The van der Waals surface area contributed by atoms with Crippen molar-refractivity contribution in [3.8, 4) is 0 Å². The maximum absolute atomic E-state index is 12.0. The van der Waals surface area contributed by atoms with Gasteiger partial charge in [-0.05, 0) is 30.7 Å². The number of ether oxygens (including phenoxy) is 2. The first-order chi connectivity index (χ1) is 10.0. The molecule has 1 aliphatic heterocycles. The summed E-state index contributed by atoms with van der Waals surface area (Å²) in [5, 5.41) is 3.29. The van der Waals surface area contributed by atoms with Gasteiger partial charge in [-0.2, -0.15) is 0 Å². The number of hydrogen-bond acceptors (Lipinski definition) is 5. The van der Waals surface area contributed by atoms with Crippen molar-refractivity contribution in [2.75, 3.05) is 37.9 Å². The van der Waals surface area contributed by atoms with Crippen LogP contribution in [-0.4, -0.2) is 46.6 Å². The molecule has 1 aliphatic rings. The fourth-order valence-electron chi connectivity index (χ4n) is 2.39. The van der Waals surface area contributed by atoms with Crippen molar-refractivity contribution < 1.29 is 17.9 Å². The summed E-state index contributed by atoms with van der Waals surface area (Å²) >= 11 is 0. The predicted molar refractivity (Wildman–Crippen MR) is 82.5 cm³/mol. The van der Waals surface area contributed by atoms with Crippen LogP contribution >= 0.6 is 0 Å². The lowest BCUT2D eigenvalue weighted by atomic mass is 10.0. The third kappa shape index (κ3) is 3.96. The van der Waals surface area contributed by atoms with Gasteiger partial charge in [0.25, 0.3) is 0 Å². The van der Waals surface area contributed by atoms with Gasteiger partial charge in [0, 0.05) is 32.4 Å². The lowest BCUT2D eigenvalue weighted by Crippen LogP contribution is -2.39. The number of rotatable bonds is 7. The van der Waals surface area contributed by atoms with Crippen LogP contribution < -0.4 is 5.32 Å². The van der Waals surface area contributed by atoms with Gasteiger partial charge in [-0.25, -0.2) is 8.42 Å². The zero-order chi connectivity index (χ0) is 15.3. The summed E-state index contributed by atoms with van der Waals surface area (Å²) in [5.74, 6) is 0.184. The smallest absolute Gasteiger partial charge is 0.178 e. The number of hydrogen-bond donors (Lipinski definition) is 1. The summed E-state index contributed by atoms with van der Waals surface area (Å²) in [6.07, 6.45) is 1.48. The van der Waals surface area contributed by atoms with Crippen LogP contribution in [0, 0.1) is 0 Å². The Balaban J connectivity index is 2.00. The van der Waals surface area contributed by atoms with Gasteiger partial charge < -0.3 is 14.8 Å². The van der Waals surface area contributed by atoms with Gasteiger partial charge in [-0.3, -0.25) is 0 Å². The Kier molecular flexibility index (Phi) is 5.24. The third-order valence-corrected chi connectivity index (χ3v) is 5.74. The molecule has 1 aromatic rings. The number of anilines is 1. The molecule has 1 aromatic carbocycles. The van der Waals surface area contributed by atoms with Gasteiger partial charge in [-0.1, -0.05) is 6.92 Å². The zero-order valence-corrected chi connectivity index (χ0v) is 13.4. The molecule has 1 heterocycles. The van der Waals surface area contributed by atoms with Crippen molar-refractivity contribution >= 4 is 15.5 Å². The molecule has 6 heteroatoms. The Morgan fingerprint density at radius 2 is 2.05 bits per heavy atom. The molecule has 1 atom stereocenters. The highest BCUT2D eigenvalue weighted by Crippen LogP contribution is 2.23. The molecule has 1 saturated heterocycles. The van der Waals surface area contributed by atoms with E-state index in [1.54, 1.807) is 31.4 Å². The Hall–Kier alpha value is -1.11. The minimum Gasteiger partial charge on any atom is -0.382 e. The molecule has 2 rings (SSSR count). The maximum atomic E-state index is 12.0. The lowest BCUT2D eigenvalue weighted by molar-refractivity contribution is -0.00619. The van der Waals surface area contributed by atoms with E-state index in [0.717, 1.165) is 12.1 Å². The zero-order valence-electron chi connectivity index (χ0n) is 12.6. The number of methoxy groups -OCH3 is 1. The van der Waals surface area contributed by atoms with E-state index >= 15 is 0 Å². The van der Waals surface area contributed by atoms with Crippen LogP contribution in [0.1, 0.15) is 19.8 Å². The third-order valence-electron chi connectivity index (χ3n) is 3.80. The van der Waals surface area contributed by atoms with Gasteiger partial charge in [-0.15, -0.1) is 0 Å². The predicted octanol–water partition coefficient (Wildman–Crippen LogP) is 2.09. The highest BCUT2D eigenvalue weighted by molar-refractivity contribution is 7.91. The van der Waals surface area contributed by atoms with Crippen LogP contribution in [0.25, 0.3) is 0 Å². The van der Waals surface area contributed by atoms with Crippen LogP contribution in [0.3, 0.4) is 0 Å². The quantitative estimate of drug-likeness (QED) is 0.835. The number of sulfone groups is 1. The van der Waals surface area contributed by atoms with Crippen molar-refractivity contribution in [3.63, 3.8) is 0 Å². The summed E-state index contributed by atoms with van der Waals surface area (Å²) in [6, 6.07) is 6.89. The average Bonchev–Trinajstić information content (AvgIpc) is 2.95. The van der Waals surface area contributed by atoms with Crippen molar-refractivity contribution in [1.29, 1.82) is 0 Å². The van der Waals surface area contributed by atoms with Gasteiger partial charge >= 0.3 is 0 Å². The van der Waals surface area contributed by atoms with Gasteiger partial charge in [0.05, 0.1) is 17.3 Å². The topological polar surface area (TPSA) is 64.6 Å². The summed E-state index contributed by atoms with van der Waals surface area (Å²) < 4.78 is 34.8. The average molecular weight is 313 g/mol. The molecule has 0 saturated carbocycles. The lowest BCUT2D eigenvalue weighted by Gasteiger charge is -2.26. The largest absolute Gasteiger partial charge is 0.382 e. The molecule has 5 nitrogen and oxygen atoms in total. The summed E-state index contributed by atoms with van der Waals surface area (Å²) in [4.78, 5) is 0.376. The van der Waals surface area contributed by atoms with Crippen molar-refractivity contribution in [2.24, 2.45) is 0 Å². The number of nitrogens with one attached hydrogen (secondary N) is 1. The van der Waals surface area contributed by atoms with Crippen LogP contribution in [0.15, 0.2) is 29.2 Å². The van der Waals surface area contributed by atoms with Gasteiger partial charge in [0.15, 0.2) is 9.84 Å².